The van der Waals surface area contributed by atoms with Crippen LogP contribution in [0.25, 0.3) is 0 Å². The zero-order valence-corrected chi connectivity index (χ0v) is 14.2. The van der Waals surface area contributed by atoms with E-state index in [1.807, 2.05) is 30.3 Å². The lowest BCUT2D eigenvalue weighted by Gasteiger charge is -2.32. The van der Waals surface area contributed by atoms with Crippen molar-refractivity contribution in [1.29, 1.82) is 0 Å². The van der Waals surface area contributed by atoms with Gasteiger partial charge in [-0.1, -0.05) is 24.6 Å². The molecular formula is C16H24N2O4S. The van der Waals surface area contributed by atoms with Gasteiger partial charge in [0.1, 0.15) is 11.8 Å². The topological polar surface area (TPSA) is 75.7 Å². The number of para-hydroxylation sites is 1. The molecule has 7 heteroatoms. The quantitative estimate of drug-likeness (QED) is 0.761. The minimum Gasteiger partial charge on any atom is -0.494 e. The number of carbonyl (C=O) groups is 1. The van der Waals surface area contributed by atoms with Gasteiger partial charge in [-0.3, -0.25) is 4.79 Å². The smallest absolute Gasteiger partial charge is 0.238 e. The van der Waals surface area contributed by atoms with Crippen LogP contribution in [0, 0.1) is 0 Å². The first-order valence-corrected chi connectivity index (χ1v) is 9.75. The number of hydrogen-bond donors (Lipinski definition) is 1. The zero-order valence-electron chi connectivity index (χ0n) is 13.4. The molecule has 1 aliphatic rings. The van der Waals surface area contributed by atoms with E-state index in [9.17, 15) is 13.2 Å². The van der Waals surface area contributed by atoms with Gasteiger partial charge in [0.15, 0.2) is 0 Å². The van der Waals surface area contributed by atoms with Gasteiger partial charge in [0.2, 0.25) is 15.9 Å². The van der Waals surface area contributed by atoms with Crippen molar-refractivity contribution in [1.82, 2.24) is 9.62 Å². The van der Waals surface area contributed by atoms with E-state index in [0.717, 1.165) is 24.8 Å². The number of carbonyl (C=O) groups excluding carboxylic acids is 1. The second-order valence-electron chi connectivity index (χ2n) is 5.69. The van der Waals surface area contributed by atoms with Gasteiger partial charge < -0.3 is 10.1 Å². The fraction of sp³-hybridized carbons (Fsp3) is 0.562. The van der Waals surface area contributed by atoms with Crippen molar-refractivity contribution in [3.63, 3.8) is 0 Å². The molecule has 1 amide bonds. The van der Waals surface area contributed by atoms with Crippen molar-refractivity contribution in [2.24, 2.45) is 0 Å². The predicted octanol–water partition coefficient (Wildman–Crippen LogP) is 1.39. The third-order valence-electron chi connectivity index (χ3n) is 3.81. The molecule has 128 valence electrons. The predicted molar refractivity (Wildman–Crippen MR) is 88.8 cm³/mol. The molecule has 1 aromatic carbocycles. The number of benzene rings is 1. The number of amides is 1. The van der Waals surface area contributed by atoms with Gasteiger partial charge in [-0.15, -0.1) is 0 Å². The first-order chi connectivity index (χ1) is 11.0. The highest BCUT2D eigenvalue weighted by molar-refractivity contribution is 7.88. The van der Waals surface area contributed by atoms with Gasteiger partial charge in [-0.2, -0.15) is 4.31 Å². The first-order valence-electron chi connectivity index (χ1n) is 7.91. The highest BCUT2D eigenvalue weighted by Crippen LogP contribution is 2.19. The summed E-state index contributed by atoms with van der Waals surface area (Å²) in [5, 5.41) is 2.82. The number of ether oxygens (including phenoxy) is 1. The third kappa shape index (κ3) is 5.51. The molecule has 1 fully saturated rings. The van der Waals surface area contributed by atoms with Crippen LogP contribution in [0.2, 0.25) is 0 Å². The lowest BCUT2D eigenvalue weighted by Crippen LogP contribution is -2.51. The van der Waals surface area contributed by atoms with Crippen LogP contribution in [0.4, 0.5) is 0 Å². The van der Waals surface area contributed by atoms with Crippen molar-refractivity contribution in [2.75, 3.05) is 26.0 Å². The van der Waals surface area contributed by atoms with Crippen molar-refractivity contribution < 1.29 is 17.9 Å². The number of rotatable bonds is 7. The highest BCUT2D eigenvalue weighted by atomic mass is 32.2. The van der Waals surface area contributed by atoms with Gasteiger partial charge in [0.05, 0.1) is 12.9 Å². The molecule has 23 heavy (non-hydrogen) atoms. The standard InChI is InChI=1S/C16H24N2O4S/c1-23(20,21)18-12-6-5-10-15(18)16(19)17-11-7-13-22-14-8-3-2-4-9-14/h2-4,8-9,15H,5-7,10-13H2,1H3,(H,17,19)/t15-/m0/s1. The Labute approximate surface area is 137 Å². The van der Waals surface area contributed by atoms with Gasteiger partial charge in [-0.05, 0) is 31.4 Å². The Morgan fingerprint density at radius 1 is 1.30 bits per heavy atom. The molecule has 0 radical (unpaired) electrons. The van der Waals surface area contributed by atoms with E-state index in [-0.39, 0.29) is 5.91 Å². The molecule has 0 unspecified atom stereocenters. The van der Waals surface area contributed by atoms with Crippen LogP contribution in [-0.4, -0.2) is 50.6 Å². The Hall–Kier alpha value is -1.60. The normalized spacial score (nSPS) is 19.3. The lowest BCUT2D eigenvalue weighted by atomic mass is 10.0. The fourth-order valence-electron chi connectivity index (χ4n) is 2.67. The van der Waals surface area contributed by atoms with Crippen molar-refractivity contribution >= 4 is 15.9 Å². The largest absolute Gasteiger partial charge is 0.494 e. The Morgan fingerprint density at radius 3 is 2.74 bits per heavy atom. The number of hydrogen-bond acceptors (Lipinski definition) is 4. The Balaban J connectivity index is 1.73. The van der Waals surface area contributed by atoms with Crippen LogP contribution < -0.4 is 10.1 Å². The number of nitrogens with zero attached hydrogens (tertiary/aromatic N) is 1. The second-order valence-corrected chi connectivity index (χ2v) is 7.63. The van der Waals surface area contributed by atoms with Crippen molar-refractivity contribution in [2.45, 2.75) is 31.7 Å². The molecule has 1 heterocycles. The summed E-state index contributed by atoms with van der Waals surface area (Å²) in [5.74, 6) is 0.587. The van der Waals surface area contributed by atoms with E-state index >= 15 is 0 Å². The van der Waals surface area contributed by atoms with Gasteiger partial charge in [-0.25, -0.2) is 8.42 Å². The fourth-order valence-corrected chi connectivity index (χ4v) is 3.80. The number of sulfonamides is 1. The molecule has 0 spiro atoms. The molecule has 1 aromatic rings. The summed E-state index contributed by atoms with van der Waals surface area (Å²) in [6, 6.07) is 8.91. The van der Waals surface area contributed by atoms with E-state index in [4.69, 9.17) is 4.74 Å². The molecule has 0 aromatic heterocycles. The number of nitrogens with one attached hydrogen (secondary N) is 1. The summed E-state index contributed by atoms with van der Waals surface area (Å²) in [7, 11) is -3.34. The molecule has 1 N–H and O–H groups in total. The Bertz CT molecular complexity index is 604. The molecular weight excluding hydrogens is 316 g/mol. The van der Waals surface area contributed by atoms with Crippen LogP contribution in [0.5, 0.6) is 5.75 Å². The molecule has 0 saturated carbocycles. The van der Waals surface area contributed by atoms with Crippen LogP contribution in [0.15, 0.2) is 30.3 Å². The van der Waals surface area contributed by atoms with E-state index in [0.29, 0.717) is 32.5 Å². The molecule has 0 bridgehead atoms. The maximum atomic E-state index is 12.2. The van der Waals surface area contributed by atoms with Crippen LogP contribution in [-0.2, 0) is 14.8 Å². The first kappa shape index (κ1) is 17.7. The average molecular weight is 340 g/mol. The van der Waals surface area contributed by atoms with Crippen LogP contribution in [0.3, 0.4) is 0 Å². The van der Waals surface area contributed by atoms with E-state index in [2.05, 4.69) is 5.32 Å². The van der Waals surface area contributed by atoms with Crippen molar-refractivity contribution in [3.05, 3.63) is 30.3 Å². The molecule has 1 saturated heterocycles. The molecule has 0 aliphatic carbocycles. The van der Waals surface area contributed by atoms with Gasteiger partial charge in [0.25, 0.3) is 0 Å². The van der Waals surface area contributed by atoms with Crippen LogP contribution in [0.1, 0.15) is 25.7 Å². The summed E-state index contributed by atoms with van der Waals surface area (Å²) in [6.07, 6.45) is 4.10. The van der Waals surface area contributed by atoms with Gasteiger partial charge >= 0.3 is 0 Å². The highest BCUT2D eigenvalue weighted by Gasteiger charge is 2.34. The molecule has 1 aliphatic heterocycles. The molecule has 2 rings (SSSR count). The monoisotopic (exact) mass is 340 g/mol. The van der Waals surface area contributed by atoms with E-state index in [1.54, 1.807) is 0 Å². The lowest BCUT2D eigenvalue weighted by molar-refractivity contribution is -0.125. The summed E-state index contributed by atoms with van der Waals surface area (Å²) >= 11 is 0. The van der Waals surface area contributed by atoms with Crippen LogP contribution >= 0.6 is 0 Å². The minimum absolute atomic E-state index is 0.213. The number of piperidine rings is 1. The third-order valence-corrected chi connectivity index (χ3v) is 5.10. The minimum atomic E-state index is -3.34. The summed E-state index contributed by atoms with van der Waals surface area (Å²) in [4.78, 5) is 12.2. The Kier molecular flexibility index (Phi) is 6.41. The summed E-state index contributed by atoms with van der Waals surface area (Å²) < 4.78 is 30.4. The van der Waals surface area contributed by atoms with Crippen molar-refractivity contribution in [3.8, 4) is 5.75 Å². The van der Waals surface area contributed by atoms with E-state index < -0.39 is 16.1 Å². The summed E-state index contributed by atoms with van der Waals surface area (Å²) in [5.41, 5.74) is 0. The molecule has 1 atom stereocenters. The zero-order chi connectivity index (χ0) is 16.7. The van der Waals surface area contributed by atoms with Gasteiger partial charge in [0, 0.05) is 13.1 Å². The van der Waals surface area contributed by atoms with E-state index in [1.165, 1.54) is 4.31 Å². The maximum Gasteiger partial charge on any atom is 0.238 e. The molecule has 6 nitrogen and oxygen atoms in total. The Morgan fingerprint density at radius 2 is 2.04 bits per heavy atom. The average Bonchev–Trinajstić information content (AvgIpc) is 2.54. The summed E-state index contributed by atoms with van der Waals surface area (Å²) in [6.45, 7) is 1.40. The SMILES string of the molecule is CS(=O)(=O)N1CCCC[C@H]1C(=O)NCCCOc1ccccc1. The maximum absolute atomic E-state index is 12.2. The second kappa shape index (κ2) is 8.31.